The smallest absolute Gasteiger partial charge is 0.269 e. The zero-order valence-corrected chi connectivity index (χ0v) is 16.1. The van der Waals surface area contributed by atoms with Gasteiger partial charge in [-0.1, -0.05) is 13.8 Å². The van der Waals surface area contributed by atoms with Crippen molar-refractivity contribution >= 4 is 35.0 Å². The number of nitrogens with zero attached hydrogens (tertiary/aromatic N) is 2. The minimum absolute atomic E-state index is 0.00865. The van der Waals surface area contributed by atoms with Crippen LogP contribution in [0, 0.1) is 16.0 Å². The van der Waals surface area contributed by atoms with E-state index in [9.17, 15) is 19.7 Å². The van der Waals surface area contributed by atoms with Crippen LogP contribution in [-0.4, -0.2) is 29.9 Å². The number of nitrogens with one attached hydrogen (secondary N) is 1. The summed E-state index contributed by atoms with van der Waals surface area (Å²) in [6.45, 7) is 4.64. The molecule has 8 nitrogen and oxygen atoms in total. The number of amides is 2. The zero-order chi connectivity index (χ0) is 21.0. The van der Waals surface area contributed by atoms with Crippen LogP contribution < -0.4 is 15.0 Å². The first-order chi connectivity index (χ1) is 13.8. The van der Waals surface area contributed by atoms with Crippen LogP contribution in [-0.2, 0) is 9.59 Å². The second-order valence-corrected chi connectivity index (χ2v) is 7.04. The Kier molecular flexibility index (Phi) is 5.92. The summed E-state index contributed by atoms with van der Waals surface area (Å²) in [6, 6.07) is 11.0. The summed E-state index contributed by atoms with van der Waals surface area (Å²) in [6.07, 6.45) is 2.91. The summed E-state index contributed by atoms with van der Waals surface area (Å²) in [5, 5.41) is 13.4. The fraction of sp³-hybridized carbons (Fsp3) is 0.238. The van der Waals surface area contributed by atoms with Crippen molar-refractivity contribution in [2.24, 2.45) is 5.92 Å². The van der Waals surface area contributed by atoms with E-state index in [0.717, 1.165) is 0 Å². The predicted molar refractivity (Wildman–Crippen MR) is 110 cm³/mol. The number of nitro groups is 1. The number of ether oxygens (including phenoxy) is 1. The first kappa shape index (κ1) is 20.1. The molecule has 1 aliphatic heterocycles. The Bertz CT molecular complexity index is 967. The molecule has 0 aliphatic carbocycles. The van der Waals surface area contributed by atoms with E-state index in [2.05, 4.69) is 5.32 Å². The Labute approximate surface area is 167 Å². The summed E-state index contributed by atoms with van der Waals surface area (Å²) in [7, 11) is 0. The molecule has 1 aliphatic rings. The van der Waals surface area contributed by atoms with E-state index in [1.54, 1.807) is 41.3 Å². The summed E-state index contributed by atoms with van der Waals surface area (Å²) in [5.74, 6) is 0.416. The third-order valence-electron chi connectivity index (χ3n) is 4.25. The standard InChI is InChI=1S/C21H21N3O5/c1-14(2)12-23-18-9-6-16(11-19(18)29-13-21(23)26)22-20(25)10-5-15-3-7-17(8-4-15)24(27)28/h3-11,14H,12-13H2,1-2H3,(H,22,25)/b10-5+. The molecule has 1 N–H and O–H groups in total. The highest BCUT2D eigenvalue weighted by atomic mass is 16.6. The number of anilines is 2. The van der Waals surface area contributed by atoms with Crippen LogP contribution in [0.2, 0.25) is 0 Å². The largest absolute Gasteiger partial charge is 0.481 e. The molecule has 2 aromatic rings. The van der Waals surface area contributed by atoms with E-state index in [1.807, 2.05) is 13.8 Å². The number of hydrogen-bond acceptors (Lipinski definition) is 5. The molecule has 8 heteroatoms. The van der Waals surface area contributed by atoms with Crippen molar-refractivity contribution < 1.29 is 19.2 Å². The van der Waals surface area contributed by atoms with Gasteiger partial charge in [-0.15, -0.1) is 0 Å². The average Bonchev–Trinajstić information content (AvgIpc) is 2.68. The van der Waals surface area contributed by atoms with Gasteiger partial charge in [0.25, 0.3) is 11.6 Å². The van der Waals surface area contributed by atoms with Gasteiger partial charge in [0.1, 0.15) is 5.75 Å². The second-order valence-electron chi connectivity index (χ2n) is 7.04. The lowest BCUT2D eigenvalue weighted by Gasteiger charge is -2.30. The molecule has 29 heavy (non-hydrogen) atoms. The quantitative estimate of drug-likeness (QED) is 0.457. The molecule has 0 fully saturated rings. The number of carbonyl (C=O) groups excluding carboxylic acids is 2. The number of carbonyl (C=O) groups is 2. The number of rotatable bonds is 6. The van der Waals surface area contributed by atoms with Gasteiger partial charge in [0.15, 0.2) is 6.61 Å². The predicted octanol–water partition coefficient (Wildman–Crippen LogP) is 3.63. The van der Waals surface area contributed by atoms with Gasteiger partial charge in [-0.05, 0) is 41.8 Å². The number of nitro benzene ring substituents is 1. The molecule has 0 saturated carbocycles. The van der Waals surface area contributed by atoms with Gasteiger partial charge in [-0.3, -0.25) is 19.7 Å². The topological polar surface area (TPSA) is 102 Å². The number of fused-ring (bicyclic) bond motifs is 1. The van der Waals surface area contributed by atoms with E-state index in [1.165, 1.54) is 18.2 Å². The van der Waals surface area contributed by atoms with Crippen molar-refractivity contribution in [1.82, 2.24) is 0 Å². The second kappa shape index (κ2) is 8.55. The number of non-ortho nitro benzene ring substituents is 1. The lowest BCUT2D eigenvalue weighted by atomic mass is 10.1. The molecule has 1 heterocycles. The van der Waals surface area contributed by atoms with E-state index in [4.69, 9.17) is 4.74 Å². The van der Waals surface area contributed by atoms with E-state index >= 15 is 0 Å². The van der Waals surface area contributed by atoms with Crippen molar-refractivity contribution in [3.63, 3.8) is 0 Å². The summed E-state index contributed by atoms with van der Waals surface area (Å²) in [4.78, 5) is 36.2. The van der Waals surface area contributed by atoms with Crippen molar-refractivity contribution in [1.29, 1.82) is 0 Å². The van der Waals surface area contributed by atoms with Gasteiger partial charge in [0, 0.05) is 36.5 Å². The Morgan fingerprint density at radius 3 is 2.66 bits per heavy atom. The highest BCUT2D eigenvalue weighted by Gasteiger charge is 2.26. The summed E-state index contributed by atoms with van der Waals surface area (Å²) >= 11 is 0. The zero-order valence-electron chi connectivity index (χ0n) is 16.1. The van der Waals surface area contributed by atoms with Crippen LogP contribution in [0.5, 0.6) is 5.75 Å². The molecule has 0 atom stereocenters. The Morgan fingerprint density at radius 2 is 2.00 bits per heavy atom. The summed E-state index contributed by atoms with van der Waals surface area (Å²) in [5.41, 5.74) is 1.89. The van der Waals surface area contributed by atoms with Crippen molar-refractivity contribution in [2.45, 2.75) is 13.8 Å². The molecular weight excluding hydrogens is 374 g/mol. The Morgan fingerprint density at radius 1 is 1.28 bits per heavy atom. The molecular formula is C21H21N3O5. The average molecular weight is 395 g/mol. The minimum atomic E-state index is -0.478. The molecule has 0 unspecified atom stereocenters. The molecule has 0 aromatic heterocycles. The van der Waals surface area contributed by atoms with Crippen LogP contribution in [0.15, 0.2) is 48.5 Å². The van der Waals surface area contributed by atoms with Crippen LogP contribution in [0.1, 0.15) is 19.4 Å². The van der Waals surface area contributed by atoms with Gasteiger partial charge >= 0.3 is 0 Å². The fourth-order valence-electron chi connectivity index (χ4n) is 2.91. The molecule has 3 rings (SSSR count). The van der Waals surface area contributed by atoms with Crippen LogP contribution in [0.25, 0.3) is 6.08 Å². The molecule has 0 saturated heterocycles. The molecule has 0 radical (unpaired) electrons. The Hall–Kier alpha value is -3.68. The number of hydrogen-bond donors (Lipinski definition) is 1. The maximum atomic E-state index is 12.2. The van der Waals surface area contributed by atoms with Crippen LogP contribution in [0.3, 0.4) is 0 Å². The molecule has 0 bridgehead atoms. The first-order valence-electron chi connectivity index (χ1n) is 9.14. The van der Waals surface area contributed by atoms with Crippen molar-refractivity contribution in [3.05, 3.63) is 64.2 Å². The Balaban J connectivity index is 1.68. The van der Waals surface area contributed by atoms with E-state index in [-0.39, 0.29) is 24.1 Å². The minimum Gasteiger partial charge on any atom is -0.481 e. The highest BCUT2D eigenvalue weighted by molar-refractivity contribution is 6.03. The normalized spacial score (nSPS) is 13.3. The third-order valence-corrected chi connectivity index (χ3v) is 4.25. The van der Waals surface area contributed by atoms with E-state index < -0.39 is 4.92 Å². The van der Waals surface area contributed by atoms with Crippen LogP contribution >= 0.6 is 0 Å². The van der Waals surface area contributed by atoms with E-state index in [0.29, 0.717) is 35.2 Å². The molecule has 2 amide bonds. The lowest BCUT2D eigenvalue weighted by Crippen LogP contribution is -2.40. The van der Waals surface area contributed by atoms with Crippen molar-refractivity contribution in [2.75, 3.05) is 23.4 Å². The van der Waals surface area contributed by atoms with Gasteiger partial charge < -0.3 is 15.0 Å². The summed E-state index contributed by atoms with van der Waals surface area (Å²) < 4.78 is 5.51. The maximum Gasteiger partial charge on any atom is 0.269 e. The molecule has 2 aromatic carbocycles. The van der Waals surface area contributed by atoms with Gasteiger partial charge in [-0.2, -0.15) is 0 Å². The molecule has 150 valence electrons. The number of benzene rings is 2. The van der Waals surface area contributed by atoms with Crippen LogP contribution in [0.4, 0.5) is 17.1 Å². The maximum absolute atomic E-state index is 12.2. The van der Waals surface area contributed by atoms with Gasteiger partial charge in [0.05, 0.1) is 10.6 Å². The monoisotopic (exact) mass is 395 g/mol. The fourth-order valence-corrected chi connectivity index (χ4v) is 2.91. The SMILES string of the molecule is CC(C)CN1C(=O)COc2cc(NC(=O)/C=C/c3ccc([N+](=O)[O-])cc3)ccc21. The van der Waals surface area contributed by atoms with Crippen molar-refractivity contribution in [3.8, 4) is 5.75 Å². The lowest BCUT2D eigenvalue weighted by molar-refractivity contribution is -0.384. The first-order valence-corrected chi connectivity index (χ1v) is 9.14. The van der Waals surface area contributed by atoms with Gasteiger partial charge in [0.2, 0.25) is 5.91 Å². The van der Waals surface area contributed by atoms with Gasteiger partial charge in [-0.25, -0.2) is 0 Å². The third kappa shape index (κ3) is 4.98. The molecule has 0 spiro atoms. The highest BCUT2D eigenvalue weighted by Crippen LogP contribution is 2.35.